The third-order valence-corrected chi connectivity index (χ3v) is 4.79. The number of nitrogens with one attached hydrogen (secondary N) is 1. The molecule has 0 aromatic carbocycles. The van der Waals surface area contributed by atoms with E-state index in [-0.39, 0.29) is 6.04 Å². The summed E-state index contributed by atoms with van der Waals surface area (Å²) < 4.78 is 15.4. The van der Waals surface area contributed by atoms with Gasteiger partial charge in [0, 0.05) is 17.6 Å². The lowest BCUT2D eigenvalue weighted by Gasteiger charge is -2.22. The second kappa shape index (κ2) is 10.2. The van der Waals surface area contributed by atoms with Gasteiger partial charge in [0.1, 0.15) is 5.75 Å². The Bertz CT molecular complexity index is 386. The van der Waals surface area contributed by atoms with Gasteiger partial charge in [-0.25, -0.2) is 0 Å². The Labute approximate surface area is 132 Å². The average Bonchev–Trinajstić information content (AvgIpc) is 2.49. The third-order valence-electron chi connectivity index (χ3n) is 3.59. The van der Waals surface area contributed by atoms with Gasteiger partial charge in [-0.05, 0) is 51.5 Å². The minimum atomic E-state index is -0.981. The van der Waals surface area contributed by atoms with Crippen LogP contribution >= 0.6 is 0 Å². The van der Waals surface area contributed by atoms with Crippen molar-refractivity contribution in [1.29, 1.82) is 0 Å². The van der Waals surface area contributed by atoms with E-state index in [1.54, 1.807) is 0 Å². The predicted molar refractivity (Wildman–Crippen MR) is 90.6 cm³/mol. The fraction of sp³-hybridized carbons (Fsp3) is 0.688. The first-order valence-corrected chi connectivity index (χ1v) is 9.14. The first-order chi connectivity index (χ1) is 10.1. The topological polar surface area (TPSA) is 51.2 Å². The molecule has 0 aliphatic carbocycles. The molecule has 0 spiro atoms. The molecular weight excluding hydrogens is 282 g/mol. The van der Waals surface area contributed by atoms with Gasteiger partial charge in [-0.15, -0.1) is 4.72 Å². The van der Waals surface area contributed by atoms with Gasteiger partial charge in [0.25, 0.3) is 0 Å². The number of pyridine rings is 1. The largest absolute Gasteiger partial charge is 0.598 e. The molecule has 1 heterocycles. The molecule has 5 heteroatoms. The van der Waals surface area contributed by atoms with Crippen molar-refractivity contribution >= 4 is 11.4 Å². The molecule has 0 aliphatic heterocycles. The van der Waals surface area contributed by atoms with Crippen molar-refractivity contribution in [2.24, 2.45) is 0 Å². The summed E-state index contributed by atoms with van der Waals surface area (Å²) in [7, 11) is 2.10. The highest BCUT2D eigenvalue weighted by atomic mass is 32.2. The van der Waals surface area contributed by atoms with Gasteiger partial charge in [-0.1, -0.05) is 26.3 Å². The molecule has 0 saturated carbocycles. The lowest BCUT2D eigenvalue weighted by atomic mass is 10.1. The Hall–Kier alpha value is -0.620. The summed E-state index contributed by atoms with van der Waals surface area (Å²) in [5, 5.41) is 0. The summed E-state index contributed by atoms with van der Waals surface area (Å²) in [6.07, 6.45) is 4.85. The maximum absolute atomic E-state index is 12.1. The number of hydrogen-bond acceptors (Lipinski definition) is 4. The van der Waals surface area contributed by atoms with Crippen LogP contribution in [0.25, 0.3) is 0 Å². The molecule has 0 bridgehead atoms. The monoisotopic (exact) mass is 311 g/mol. The van der Waals surface area contributed by atoms with Crippen molar-refractivity contribution in [2.75, 3.05) is 25.9 Å². The van der Waals surface area contributed by atoms with Crippen molar-refractivity contribution in [3.05, 3.63) is 29.6 Å². The van der Waals surface area contributed by atoms with Gasteiger partial charge in [0.15, 0.2) is 0 Å². The molecule has 1 N–H and O–H groups in total. The normalized spacial score (nSPS) is 14.4. The number of rotatable bonds is 10. The molecule has 1 aromatic rings. The van der Waals surface area contributed by atoms with Crippen molar-refractivity contribution in [3.63, 3.8) is 0 Å². The van der Waals surface area contributed by atoms with Crippen LogP contribution in [0.4, 0.5) is 0 Å². The summed E-state index contributed by atoms with van der Waals surface area (Å²) in [5.41, 5.74) is 2.13. The molecule has 0 saturated heterocycles. The van der Waals surface area contributed by atoms with Crippen LogP contribution in [0.3, 0.4) is 0 Å². The summed E-state index contributed by atoms with van der Waals surface area (Å²) in [4.78, 5) is 6.76. The maximum Gasteiger partial charge on any atom is 0.125 e. The third kappa shape index (κ3) is 7.27. The first-order valence-electron chi connectivity index (χ1n) is 7.82. The van der Waals surface area contributed by atoms with Gasteiger partial charge in [0.05, 0.1) is 11.7 Å². The molecule has 0 aliphatic rings. The molecule has 2 atom stereocenters. The van der Waals surface area contributed by atoms with E-state index in [0.29, 0.717) is 5.75 Å². The Morgan fingerprint density at radius 1 is 1.38 bits per heavy atom. The van der Waals surface area contributed by atoms with Crippen molar-refractivity contribution in [3.8, 4) is 0 Å². The van der Waals surface area contributed by atoms with E-state index in [4.69, 9.17) is 0 Å². The second-order valence-corrected chi connectivity index (χ2v) is 6.85. The van der Waals surface area contributed by atoms with Crippen LogP contribution < -0.4 is 4.72 Å². The van der Waals surface area contributed by atoms with E-state index in [9.17, 15) is 4.55 Å². The molecule has 21 heavy (non-hydrogen) atoms. The molecule has 0 radical (unpaired) electrons. The standard InChI is InChI=1S/C16H29N3OS/c1-5-7-12-21(20)18-16(10-11-19(4)6-2)15-9-8-14(3)13-17-15/h8-9,13,16,18H,5-7,10-12H2,1-4H3/t16?,21-/m1/s1. The zero-order valence-electron chi connectivity index (χ0n) is 13.8. The molecular formula is C16H29N3OS. The highest BCUT2D eigenvalue weighted by Gasteiger charge is 2.19. The van der Waals surface area contributed by atoms with E-state index in [1.807, 2.05) is 19.2 Å². The number of unbranched alkanes of at least 4 members (excludes halogenated alkanes) is 1. The first kappa shape index (κ1) is 18.4. The van der Waals surface area contributed by atoms with Crippen LogP contribution in [0.15, 0.2) is 18.3 Å². The molecule has 1 aromatic heterocycles. The molecule has 1 unspecified atom stereocenters. The van der Waals surface area contributed by atoms with Crippen LogP contribution in [0, 0.1) is 6.92 Å². The Balaban J connectivity index is 2.67. The van der Waals surface area contributed by atoms with Crippen molar-refractivity contribution in [1.82, 2.24) is 14.6 Å². The van der Waals surface area contributed by atoms with E-state index in [2.05, 4.69) is 41.6 Å². The van der Waals surface area contributed by atoms with E-state index < -0.39 is 11.4 Å². The average molecular weight is 311 g/mol. The van der Waals surface area contributed by atoms with Gasteiger partial charge < -0.3 is 9.45 Å². The predicted octanol–water partition coefficient (Wildman–Crippen LogP) is 2.83. The number of nitrogens with zero attached hydrogens (tertiary/aromatic N) is 2. The van der Waals surface area contributed by atoms with Gasteiger partial charge in [0.2, 0.25) is 0 Å². The maximum atomic E-state index is 12.1. The van der Waals surface area contributed by atoms with Crippen LogP contribution in [-0.4, -0.2) is 40.3 Å². The Kier molecular flexibility index (Phi) is 8.92. The van der Waals surface area contributed by atoms with Gasteiger partial charge >= 0.3 is 0 Å². The zero-order valence-corrected chi connectivity index (χ0v) is 14.6. The number of aromatic nitrogens is 1. The van der Waals surface area contributed by atoms with Crippen LogP contribution in [0.2, 0.25) is 0 Å². The van der Waals surface area contributed by atoms with Gasteiger partial charge in [-0.2, -0.15) is 0 Å². The highest BCUT2D eigenvalue weighted by Crippen LogP contribution is 2.17. The summed E-state index contributed by atoms with van der Waals surface area (Å²) >= 11 is -0.981. The molecule has 1 rings (SSSR count). The van der Waals surface area contributed by atoms with Crippen LogP contribution in [0.1, 0.15) is 50.4 Å². The smallest absolute Gasteiger partial charge is 0.125 e. The zero-order chi connectivity index (χ0) is 15.7. The number of hydrogen-bond donors (Lipinski definition) is 1. The van der Waals surface area contributed by atoms with Crippen molar-refractivity contribution in [2.45, 2.75) is 46.1 Å². The molecule has 0 fully saturated rings. The molecule has 4 nitrogen and oxygen atoms in total. The van der Waals surface area contributed by atoms with Crippen molar-refractivity contribution < 1.29 is 4.55 Å². The Morgan fingerprint density at radius 3 is 2.71 bits per heavy atom. The number of aryl methyl sites for hydroxylation is 1. The van der Waals surface area contributed by atoms with E-state index in [1.165, 1.54) is 0 Å². The fourth-order valence-electron chi connectivity index (χ4n) is 1.95. The van der Waals surface area contributed by atoms with E-state index in [0.717, 1.165) is 43.6 Å². The summed E-state index contributed by atoms with van der Waals surface area (Å²) in [6, 6.07) is 4.16. The Morgan fingerprint density at radius 2 is 2.14 bits per heavy atom. The highest BCUT2D eigenvalue weighted by molar-refractivity contribution is 7.89. The molecule has 120 valence electrons. The molecule has 0 amide bonds. The van der Waals surface area contributed by atoms with E-state index >= 15 is 0 Å². The minimum absolute atomic E-state index is 0.0530. The second-order valence-electron chi connectivity index (χ2n) is 5.52. The summed E-state index contributed by atoms with van der Waals surface area (Å²) in [6.45, 7) is 8.28. The van der Waals surface area contributed by atoms with Gasteiger partial charge in [-0.3, -0.25) is 4.98 Å². The fourth-order valence-corrected chi connectivity index (χ4v) is 3.18. The van der Waals surface area contributed by atoms with Crippen LogP contribution in [0.5, 0.6) is 0 Å². The summed E-state index contributed by atoms with van der Waals surface area (Å²) in [5.74, 6) is 0.711. The SMILES string of the molecule is CCCC[S@@+]([O-])NC(CCN(C)CC)c1ccc(C)cn1. The quantitative estimate of drug-likeness (QED) is 0.675. The minimum Gasteiger partial charge on any atom is -0.598 e. The lowest BCUT2D eigenvalue weighted by Crippen LogP contribution is -2.33. The van der Waals surface area contributed by atoms with Crippen LogP contribution in [-0.2, 0) is 11.4 Å². The lowest BCUT2D eigenvalue weighted by molar-refractivity contribution is 0.329.